The Labute approximate surface area is 313 Å². The fourth-order valence-corrected chi connectivity index (χ4v) is 7.25. The Balaban J connectivity index is 0.000000729. The zero-order valence-electron chi connectivity index (χ0n) is 32.5. The van der Waals surface area contributed by atoms with Gasteiger partial charge < -0.3 is 9.47 Å². The summed E-state index contributed by atoms with van der Waals surface area (Å²) in [6.45, 7) is 15.4. The van der Waals surface area contributed by atoms with E-state index in [9.17, 15) is 0 Å². The summed E-state index contributed by atoms with van der Waals surface area (Å²) in [5.74, 6) is 2.54. The molecule has 2 heterocycles. The maximum atomic E-state index is 7.11. The lowest BCUT2D eigenvalue weighted by Gasteiger charge is -2.23. The topological polar surface area (TPSA) is 102 Å². The zero-order valence-corrected chi connectivity index (χ0v) is 32.5. The number of ether oxygens (including phenoxy) is 2. The van der Waals surface area contributed by atoms with Gasteiger partial charge in [0.2, 0.25) is 0 Å². The molecule has 7 aromatic rings. The molecule has 0 fully saturated rings. The van der Waals surface area contributed by atoms with Crippen molar-refractivity contribution in [2.24, 2.45) is 0 Å². The van der Waals surface area contributed by atoms with Crippen LogP contribution in [-0.2, 0) is 19.3 Å². The van der Waals surface area contributed by atoms with Crippen LogP contribution >= 0.6 is 0 Å². The minimum atomic E-state index is 0.591. The summed E-state index contributed by atoms with van der Waals surface area (Å²) in [5.41, 5.74) is 16.2. The largest absolute Gasteiger partial charge is 0.496 e. The van der Waals surface area contributed by atoms with Crippen molar-refractivity contribution in [1.82, 2.24) is 30.8 Å². The Morgan fingerprint density at radius 2 is 1.11 bits per heavy atom. The summed E-state index contributed by atoms with van der Waals surface area (Å²) in [6.07, 6.45) is 6.90. The number of aromatic nitrogens is 6. The highest BCUT2D eigenvalue weighted by Gasteiger charge is 2.25. The highest BCUT2D eigenvalue weighted by molar-refractivity contribution is 5.97. The Bertz CT molecular complexity index is 2300. The van der Waals surface area contributed by atoms with Gasteiger partial charge in [0.25, 0.3) is 0 Å². The smallest absolute Gasteiger partial charge is 0.160 e. The van der Waals surface area contributed by atoms with E-state index in [4.69, 9.17) is 9.47 Å². The average Bonchev–Trinajstić information content (AvgIpc) is 3.87. The van der Waals surface area contributed by atoms with Crippen molar-refractivity contribution in [1.29, 1.82) is 0 Å². The molecule has 0 amide bonds. The molecule has 0 aliphatic carbocycles. The van der Waals surface area contributed by atoms with Crippen LogP contribution in [0.5, 0.6) is 17.2 Å². The van der Waals surface area contributed by atoms with Crippen LogP contribution in [0, 0.1) is 34.6 Å². The number of unbranched alkanes of at least 4 members (excludes halogenated alkanes) is 2. The normalized spacial score (nSPS) is 11.2. The number of benzene rings is 5. The van der Waals surface area contributed by atoms with E-state index in [1.54, 1.807) is 7.11 Å². The molecular weight excluding hydrogens is 657 g/mol. The predicted molar refractivity (Wildman–Crippen MR) is 216 cm³/mol. The molecule has 0 bridgehead atoms. The first kappa shape index (κ1) is 37.3. The van der Waals surface area contributed by atoms with Gasteiger partial charge in [0.1, 0.15) is 17.0 Å². The lowest BCUT2D eigenvalue weighted by molar-refractivity contribution is 0.413. The lowest BCUT2D eigenvalue weighted by Crippen LogP contribution is -2.06. The third-order valence-corrected chi connectivity index (χ3v) is 10.6. The SMILES string of the molecule is CCCCc1ccc(C)c(OC)c1-c1c(Cc2ccc3[nH]nnc3c2Oc2c(C)c(C)c(C)c(C)c2CCCC)ccc2[nH]nnc12.c1ccccc1. The molecule has 0 aliphatic heterocycles. The summed E-state index contributed by atoms with van der Waals surface area (Å²) in [6, 6.07) is 24.8. The molecule has 0 radical (unpaired) electrons. The van der Waals surface area contributed by atoms with E-state index in [0.717, 1.165) is 106 Å². The number of aromatic amines is 2. The molecule has 0 unspecified atom stereocenters. The quantitative estimate of drug-likeness (QED) is 0.131. The molecule has 2 aromatic heterocycles. The molecule has 0 saturated heterocycles. The van der Waals surface area contributed by atoms with E-state index < -0.39 is 0 Å². The molecule has 5 aromatic carbocycles. The van der Waals surface area contributed by atoms with Crippen molar-refractivity contribution >= 4 is 22.1 Å². The number of nitrogens with zero attached hydrogens (tertiary/aromatic N) is 4. The summed E-state index contributed by atoms with van der Waals surface area (Å²) in [7, 11) is 1.76. The first-order chi connectivity index (χ1) is 25.8. The van der Waals surface area contributed by atoms with Crippen molar-refractivity contribution in [3.8, 4) is 28.4 Å². The fraction of sp³-hybridized carbons (Fsp3) is 0.333. The Morgan fingerprint density at radius 1 is 0.547 bits per heavy atom. The standard InChI is InChI=1S/C39H46N6O2.C6H6/c1-9-11-13-27-16-15-22(3)37(46-8)34(27)33-28(17-19-31-35(33)42-44-40-31)21-29-18-20-32-36(43-45-41-32)39(29)47-38-26(7)24(5)23(4)25(6)30(38)14-12-10-2;1-2-4-6-5-3-1/h15-20H,9-14,21H2,1-8H3,(H,40,42,44)(H,41,43,45);1-6H. The van der Waals surface area contributed by atoms with Crippen LogP contribution in [0.3, 0.4) is 0 Å². The number of aryl methyl sites for hydroxylation is 2. The highest BCUT2D eigenvalue weighted by Crippen LogP contribution is 2.44. The Hall–Kier alpha value is -5.50. The third kappa shape index (κ3) is 7.68. The highest BCUT2D eigenvalue weighted by atomic mass is 16.5. The van der Waals surface area contributed by atoms with Crippen molar-refractivity contribution in [3.05, 3.63) is 123 Å². The van der Waals surface area contributed by atoms with Crippen molar-refractivity contribution in [3.63, 3.8) is 0 Å². The van der Waals surface area contributed by atoms with Crippen LogP contribution in [0.2, 0.25) is 0 Å². The molecule has 2 N–H and O–H groups in total. The maximum absolute atomic E-state index is 7.11. The molecule has 0 spiro atoms. The molecule has 8 nitrogen and oxygen atoms in total. The number of methoxy groups -OCH3 is 1. The van der Waals surface area contributed by atoms with E-state index in [1.165, 1.54) is 33.4 Å². The Kier molecular flexibility index (Phi) is 11.9. The van der Waals surface area contributed by atoms with Crippen molar-refractivity contribution in [2.45, 2.75) is 93.4 Å². The monoisotopic (exact) mass is 708 g/mol. The van der Waals surface area contributed by atoms with E-state index in [-0.39, 0.29) is 0 Å². The van der Waals surface area contributed by atoms with Crippen LogP contribution in [0.4, 0.5) is 0 Å². The summed E-state index contributed by atoms with van der Waals surface area (Å²) in [5, 5.41) is 23.7. The zero-order chi connectivity index (χ0) is 37.5. The van der Waals surface area contributed by atoms with Gasteiger partial charge in [-0.25, -0.2) is 0 Å². The van der Waals surface area contributed by atoms with E-state index in [0.29, 0.717) is 6.42 Å². The fourth-order valence-electron chi connectivity index (χ4n) is 7.25. The van der Waals surface area contributed by atoms with Gasteiger partial charge in [-0.15, -0.1) is 10.2 Å². The maximum Gasteiger partial charge on any atom is 0.160 e. The summed E-state index contributed by atoms with van der Waals surface area (Å²) >= 11 is 0. The van der Waals surface area contributed by atoms with Gasteiger partial charge in [-0.3, -0.25) is 10.2 Å². The minimum Gasteiger partial charge on any atom is -0.496 e. The number of hydrogen-bond acceptors (Lipinski definition) is 6. The van der Waals surface area contributed by atoms with Crippen LogP contribution in [0.15, 0.2) is 72.8 Å². The summed E-state index contributed by atoms with van der Waals surface area (Å²) in [4.78, 5) is 0. The van der Waals surface area contributed by atoms with Gasteiger partial charge in [0.15, 0.2) is 11.3 Å². The van der Waals surface area contributed by atoms with Gasteiger partial charge in [-0.1, -0.05) is 97.8 Å². The third-order valence-electron chi connectivity index (χ3n) is 10.6. The van der Waals surface area contributed by atoms with E-state index >= 15 is 0 Å². The minimum absolute atomic E-state index is 0.591. The second kappa shape index (κ2) is 16.9. The van der Waals surface area contributed by atoms with Crippen LogP contribution < -0.4 is 9.47 Å². The predicted octanol–water partition coefficient (Wildman–Crippen LogP) is 11.2. The molecule has 274 valence electrons. The van der Waals surface area contributed by atoms with Crippen LogP contribution in [-0.4, -0.2) is 37.9 Å². The van der Waals surface area contributed by atoms with Gasteiger partial charge in [0.05, 0.1) is 18.1 Å². The number of rotatable bonds is 12. The molecule has 7 rings (SSSR count). The molecule has 53 heavy (non-hydrogen) atoms. The first-order valence-electron chi connectivity index (χ1n) is 18.9. The summed E-state index contributed by atoms with van der Waals surface area (Å²) < 4.78 is 13.2. The lowest BCUT2D eigenvalue weighted by atomic mass is 9.87. The average molecular weight is 709 g/mol. The number of H-pyrrole nitrogens is 2. The number of fused-ring (bicyclic) bond motifs is 2. The molecule has 0 aliphatic rings. The first-order valence-corrected chi connectivity index (χ1v) is 18.9. The van der Waals surface area contributed by atoms with Crippen molar-refractivity contribution < 1.29 is 9.47 Å². The van der Waals surface area contributed by atoms with Gasteiger partial charge in [-0.05, 0) is 117 Å². The van der Waals surface area contributed by atoms with Gasteiger partial charge >= 0.3 is 0 Å². The molecule has 8 heteroatoms. The van der Waals surface area contributed by atoms with Gasteiger partial charge in [0, 0.05) is 23.1 Å². The molecular formula is C45H52N6O2. The second-order valence-electron chi connectivity index (χ2n) is 14.0. The van der Waals surface area contributed by atoms with Crippen molar-refractivity contribution in [2.75, 3.05) is 7.11 Å². The number of nitrogens with one attached hydrogen (secondary N) is 2. The van der Waals surface area contributed by atoms with Gasteiger partial charge in [-0.2, -0.15) is 0 Å². The second-order valence-corrected chi connectivity index (χ2v) is 14.0. The van der Waals surface area contributed by atoms with Crippen LogP contribution in [0.25, 0.3) is 33.2 Å². The van der Waals surface area contributed by atoms with Crippen LogP contribution in [0.1, 0.15) is 89.6 Å². The van der Waals surface area contributed by atoms with E-state index in [1.807, 2.05) is 42.5 Å². The van der Waals surface area contributed by atoms with E-state index in [2.05, 4.69) is 110 Å². The molecule has 0 atom stereocenters. The molecule has 0 saturated carbocycles. The number of hydrogen-bond donors (Lipinski definition) is 2. The Morgan fingerprint density at radius 3 is 1.75 bits per heavy atom.